The Bertz CT molecular complexity index is 845. The van der Waals surface area contributed by atoms with E-state index in [4.69, 9.17) is 0 Å². The number of fused-ring (bicyclic) bond motifs is 1. The van der Waals surface area contributed by atoms with Crippen molar-refractivity contribution in [1.29, 1.82) is 0 Å². The zero-order chi connectivity index (χ0) is 22.6. The van der Waals surface area contributed by atoms with Gasteiger partial charge in [0.2, 0.25) is 21.8 Å². The van der Waals surface area contributed by atoms with Crippen molar-refractivity contribution in [3.8, 4) is 0 Å². The molecule has 1 N–H and O–H groups in total. The predicted octanol–water partition coefficient (Wildman–Crippen LogP) is 2.65. The molecule has 2 amide bonds. The summed E-state index contributed by atoms with van der Waals surface area (Å²) in [5.74, 6) is 1.82. The van der Waals surface area contributed by atoms with E-state index in [0.29, 0.717) is 24.3 Å². The largest absolute Gasteiger partial charge is 0.335 e. The van der Waals surface area contributed by atoms with Crippen molar-refractivity contribution in [3.05, 3.63) is 0 Å². The minimum atomic E-state index is -3.12. The quantitative estimate of drug-likeness (QED) is 0.676. The second-order valence-corrected chi connectivity index (χ2v) is 13.2. The van der Waals surface area contributed by atoms with Gasteiger partial charge in [-0.15, -0.1) is 0 Å². The van der Waals surface area contributed by atoms with E-state index in [1.54, 1.807) is 6.92 Å². The Hall–Kier alpha value is -1.15. The fourth-order valence-electron chi connectivity index (χ4n) is 6.86. The Morgan fingerprint density at radius 2 is 1.50 bits per heavy atom. The second kappa shape index (κ2) is 8.57. The molecule has 0 aromatic carbocycles. The number of sulfonamides is 1. The van der Waals surface area contributed by atoms with Crippen molar-refractivity contribution in [2.45, 2.75) is 114 Å². The van der Waals surface area contributed by atoms with Crippen molar-refractivity contribution in [3.63, 3.8) is 0 Å². The van der Waals surface area contributed by atoms with Crippen molar-refractivity contribution in [2.24, 2.45) is 17.8 Å². The van der Waals surface area contributed by atoms with Crippen molar-refractivity contribution in [2.75, 3.05) is 6.54 Å². The fraction of sp³-hybridized carbons (Fsp3) is 0.917. The molecule has 4 saturated carbocycles. The molecule has 1 saturated heterocycles. The zero-order valence-corrected chi connectivity index (χ0v) is 20.4. The standard InChI is InChI=1S/C24H39N3O4S/c1-15-14-26(24(29)18-3-4-18)23-13-19(7-12-22(23)27(15)16(2)28)17-5-8-20(9-6-17)25-32(30,31)21-10-11-21/h15,17-23,25H,3-14H2,1-2H3/t15-,17?,19?,20?,22?,23?/m0/s1. The topological polar surface area (TPSA) is 86.8 Å². The maximum absolute atomic E-state index is 13.1. The Morgan fingerprint density at radius 3 is 2.09 bits per heavy atom. The molecule has 0 aromatic rings. The van der Waals surface area contributed by atoms with Gasteiger partial charge in [-0.1, -0.05) is 0 Å². The van der Waals surface area contributed by atoms with Crippen LogP contribution in [0.3, 0.4) is 0 Å². The first-order valence-electron chi connectivity index (χ1n) is 12.8. The summed E-state index contributed by atoms with van der Waals surface area (Å²) in [7, 11) is -3.12. The number of piperazine rings is 1. The van der Waals surface area contributed by atoms with Gasteiger partial charge in [-0.3, -0.25) is 9.59 Å². The van der Waals surface area contributed by atoms with Gasteiger partial charge >= 0.3 is 0 Å². The maximum atomic E-state index is 13.1. The van der Waals surface area contributed by atoms with E-state index in [1.165, 1.54) is 0 Å². The molecule has 1 aliphatic heterocycles. The molecule has 4 aliphatic carbocycles. The van der Waals surface area contributed by atoms with Gasteiger partial charge in [-0.05, 0) is 89.4 Å². The number of rotatable bonds is 5. The first-order chi connectivity index (χ1) is 15.2. The van der Waals surface area contributed by atoms with Gasteiger partial charge in [-0.2, -0.15) is 0 Å². The van der Waals surface area contributed by atoms with E-state index in [0.717, 1.165) is 70.6 Å². The molecule has 5 fully saturated rings. The van der Waals surface area contributed by atoms with Gasteiger partial charge in [0.05, 0.1) is 17.3 Å². The van der Waals surface area contributed by atoms with Crippen molar-refractivity contribution >= 4 is 21.8 Å². The summed E-state index contributed by atoms with van der Waals surface area (Å²) in [6, 6.07) is 0.470. The smallest absolute Gasteiger partial charge is 0.226 e. The van der Waals surface area contributed by atoms with Crippen LogP contribution in [0.25, 0.3) is 0 Å². The number of nitrogens with zero attached hydrogens (tertiary/aromatic N) is 2. The number of nitrogens with one attached hydrogen (secondary N) is 1. The summed E-state index contributed by atoms with van der Waals surface area (Å²) < 4.78 is 27.6. The number of hydrogen-bond donors (Lipinski definition) is 1. The molecular weight excluding hydrogens is 426 g/mol. The first kappa shape index (κ1) is 22.6. The molecule has 0 bridgehead atoms. The summed E-state index contributed by atoms with van der Waals surface area (Å²) >= 11 is 0. The zero-order valence-electron chi connectivity index (χ0n) is 19.5. The molecule has 7 nitrogen and oxygen atoms in total. The molecule has 5 aliphatic rings. The van der Waals surface area contributed by atoms with E-state index in [9.17, 15) is 18.0 Å². The summed E-state index contributed by atoms with van der Waals surface area (Å²) in [5, 5.41) is -0.150. The molecule has 1 heterocycles. The third-order valence-corrected chi connectivity index (χ3v) is 10.8. The van der Waals surface area contributed by atoms with Crippen LogP contribution in [-0.2, 0) is 19.6 Å². The summed E-state index contributed by atoms with van der Waals surface area (Å²) in [6.07, 6.45) is 10.7. The van der Waals surface area contributed by atoms with E-state index in [1.807, 2.05) is 0 Å². The average molecular weight is 466 g/mol. The highest BCUT2D eigenvalue weighted by Gasteiger charge is 2.49. The monoisotopic (exact) mass is 465 g/mol. The van der Waals surface area contributed by atoms with Crippen LogP contribution in [0.1, 0.15) is 84.5 Å². The van der Waals surface area contributed by atoms with Gasteiger partial charge in [0.1, 0.15) is 0 Å². The van der Waals surface area contributed by atoms with Gasteiger partial charge in [-0.25, -0.2) is 13.1 Å². The molecule has 4 atom stereocenters. The Morgan fingerprint density at radius 1 is 0.844 bits per heavy atom. The van der Waals surface area contributed by atoms with Crippen LogP contribution >= 0.6 is 0 Å². The van der Waals surface area contributed by atoms with Gasteiger partial charge in [0.25, 0.3) is 0 Å². The predicted molar refractivity (Wildman–Crippen MR) is 122 cm³/mol. The highest BCUT2D eigenvalue weighted by atomic mass is 32.2. The SMILES string of the molecule is CC(=O)N1C2CCC(C3CCC(NS(=O)(=O)C4CC4)CC3)CC2N(C(=O)C2CC2)C[C@@H]1C. The lowest BCUT2D eigenvalue weighted by Gasteiger charge is -2.55. The Balaban J connectivity index is 1.23. The molecule has 3 unspecified atom stereocenters. The number of carbonyl (C=O) groups excluding carboxylic acids is 2. The summed E-state index contributed by atoms with van der Waals surface area (Å²) in [6.45, 7) is 4.42. The maximum Gasteiger partial charge on any atom is 0.226 e. The molecule has 0 radical (unpaired) electrons. The second-order valence-electron chi connectivity index (χ2n) is 11.2. The normalized spacial score (nSPS) is 38.3. The molecule has 32 heavy (non-hydrogen) atoms. The van der Waals surface area contributed by atoms with Crippen molar-refractivity contribution < 1.29 is 18.0 Å². The van der Waals surface area contributed by atoms with E-state index >= 15 is 0 Å². The van der Waals surface area contributed by atoms with Crippen LogP contribution in [0.2, 0.25) is 0 Å². The van der Waals surface area contributed by atoms with Gasteiger partial charge < -0.3 is 9.80 Å². The lowest BCUT2D eigenvalue weighted by molar-refractivity contribution is -0.155. The number of carbonyl (C=O) groups is 2. The third kappa shape index (κ3) is 4.46. The van der Waals surface area contributed by atoms with Crippen LogP contribution in [0.4, 0.5) is 0 Å². The minimum absolute atomic E-state index is 0.0860. The third-order valence-electron chi connectivity index (χ3n) is 8.82. The van der Waals surface area contributed by atoms with Crippen LogP contribution in [0, 0.1) is 17.8 Å². The van der Waals surface area contributed by atoms with E-state index in [-0.39, 0.29) is 41.2 Å². The molecule has 180 valence electrons. The van der Waals surface area contributed by atoms with Crippen LogP contribution in [0.5, 0.6) is 0 Å². The molecular formula is C24H39N3O4S. The van der Waals surface area contributed by atoms with E-state index < -0.39 is 10.0 Å². The van der Waals surface area contributed by atoms with Crippen LogP contribution < -0.4 is 4.72 Å². The van der Waals surface area contributed by atoms with Crippen LogP contribution in [0.15, 0.2) is 0 Å². The van der Waals surface area contributed by atoms with Gasteiger partial charge in [0, 0.05) is 31.5 Å². The lowest BCUT2D eigenvalue weighted by atomic mass is 9.69. The average Bonchev–Trinajstić information content (AvgIpc) is 3.64. The van der Waals surface area contributed by atoms with Gasteiger partial charge in [0.15, 0.2) is 0 Å². The fourth-order valence-corrected chi connectivity index (χ4v) is 8.51. The Kier molecular flexibility index (Phi) is 6.06. The van der Waals surface area contributed by atoms with E-state index in [2.05, 4.69) is 21.4 Å². The summed E-state index contributed by atoms with van der Waals surface area (Å²) in [5.41, 5.74) is 0. The molecule has 8 heteroatoms. The highest BCUT2D eigenvalue weighted by molar-refractivity contribution is 7.90. The minimum Gasteiger partial charge on any atom is -0.335 e. The highest BCUT2D eigenvalue weighted by Crippen LogP contribution is 2.44. The summed E-state index contributed by atoms with van der Waals surface area (Å²) in [4.78, 5) is 29.8. The first-order valence-corrected chi connectivity index (χ1v) is 14.4. The molecule has 0 aromatic heterocycles. The number of amides is 2. The number of hydrogen-bond acceptors (Lipinski definition) is 4. The van der Waals surface area contributed by atoms with Crippen LogP contribution in [-0.4, -0.2) is 66.0 Å². The molecule has 0 spiro atoms. The van der Waals surface area contributed by atoms with Crippen molar-refractivity contribution in [1.82, 2.24) is 14.5 Å². The Labute approximate surface area is 192 Å². The lowest BCUT2D eigenvalue weighted by Crippen LogP contribution is -2.67. The molecule has 5 rings (SSSR count).